The Labute approximate surface area is 216 Å². The molecule has 1 saturated heterocycles. The first-order valence-electron chi connectivity index (χ1n) is 11.8. The highest BCUT2D eigenvalue weighted by molar-refractivity contribution is 7.89. The van der Waals surface area contributed by atoms with Crippen molar-refractivity contribution in [2.24, 2.45) is 0 Å². The van der Waals surface area contributed by atoms with E-state index in [0.717, 1.165) is 18.5 Å². The zero-order chi connectivity index (χ0) is 25.7. The highest BCUT2D eigenvalue weighted by Gasteiger charge is 2.29. The minimum absolute atomic E-state index is 0.0225. The van der Waals surface area contributed by atoms with Crippen molar-refractivity contribution in [3.05, 3.63) is 93.5 Å². The fraction of sp³-hybridized carbons (Fsp3) is 0.308. The molecule has 0 aromatic heterocycles. The maximum atomic E-state index is 13.0. The van der Waals surface area contributed by atoms with Gasteiger partial charge >= 0.3 is 0 Å². The van der Waals surface area contributed by atoms with E-state index in [0.29, 0.717) is 36.9 Å². The number of rotatable bonds is 9. The Morgan fingerprint density at radius 3 is 2.31 bits per heavy atom. The largest absolute Gasteiger partial charge is 0.377 e. The maximum Gasteiger partial charge on any atom is 0.292 e. The van der Waals surface area contributed by atoms with E-state index in [4.69, 9.17) is 11.6 Å². The van der Waals surface area contributed by atoms with Crippen LogP contribution in [0.15, 0.2) is 77.7 Å². The van der Waals surface area contributed by atoms with Gasteiger partial charge in [0.25, 0.3) is 5.69 Å². The van der Waals surface area contributed by atoms with Crippen molar-refractivity contribution in [3.8, 4) is 0 Å². The van der Waals surface area contributed by atoms with Crippen molar-refractivity contribution in [3.63, 3.8) is 0 Å². The summed E-state index contributed by atoms with van der Waals surface area (Å²) >= 11 is 5.89. The standard InChI is InChI=1S/C26H29ClN4O4S/c1-20(7-8-21-5-3-2-4-6-21)28-25-19-23(11-14-26(25)31(32)33)29-15-17-30(18-16-29)36(34,35)24-12-9-22(27)10-13-24/h2-6,9-14,19-20,28H,7-8,15-18H2,1H3/t20-/m0/s1. The van der Waals surface area contributed by atoms with E-state index >= 15 is 0 Å². The van der Waals surface area contributed by atoms with E-state index in [-0.39, 0.29) is 21.5 Å². The Bertz CT molecular complexity index is 1300. The summed E-state index contributed by atoms with van der Waals surface area (Å²) in [6.45, 7) is 3.61. The van der Waals surface area contributed by atoms with Crippen LogP contribution in [0.2, 0.25) is 5.02 Å². The van der Waals surface area contributed by atoms with Crippen molar-refractivity contribution in [1.82, 2.24) is 4.31 Å². The van der Waals surface area contributed by atoms with Gasteiger partial charge in [-0.25, -0.2) is 8.42 Å². The molecule has 190 valence electrons. The number of sulfonamides is 1. The highest BCUT2D eigenvalue weighted by atomic mass is 35.5. The second-order valence-electron chi connectivity index (χ2n) is 8.87. The molecule has 1 aliphatic heterocycles. The lowest BCUT2D eigenvalue weighted by molar-refractivity contribution is -0.384. The number of nitrogens with zero attached hydrogens (tertiary/aromatic N) is 3. The lowest BCUT2D eigenvalue weighted by Gasteiger charge is -2.35. The SMILES string of the molecule is C[C@@H](CCc1ccccc1)Nc1cc(N2CCN(S(=O)(=O)c3ccc(Cl)cc3)CC2)ccc1[N+](=O)[O-]. The average Bonchev–Trinajstić information content (AvgIpc) is 2.88. The molecule has 0 bridgehead atoms. The van der Waals surface area contributed by atoms with Crippen LogP contribution in [0.5, 0.6) is 0 Å². The van der Waals surface area contributed by atoms with Crippen molar-refractivity contribution in [2.75, 3.05) is 36.4 Å². The van der Waals surface area contributed by atoms with Crippen molar-refractivity contribution < 1.29 is 13.3 Å². The molecule has 0 spiro atoms. The Balaban J connectivity index is 1.43. The topological polar surface area (TPSA) is 95.8 Å². The zero-order valence-corrected chi connectivity index (χ0v) is 21.6. The van der Waals surface area contributed by atoms with Gasteiger partial charge in [-0.05, 0) is 61.7 Å². The molecule has 8 nitrogen and oxygen atoms in total. The van der Waals surface area contributed by atoms with Gasteiger partial charge in [0.2, 0.25) is 10.0 Å². The van der Waals surface area contributed by atoms with Crippen LogP contribution in [0.4, 0.5) is 17.1 Å². The van der Waals surface area contributed by atoms with E-state index < -0.39 is 10.0 Å². The Morgan fingerprint density at radius 2 is 1.67 bits per heavy atom. The first-order chi connectivity index (χ1) is 17.2. The van der Waals surface area contributed by atoms with Crippen molar-refractivity contribution in [2.45, 2.75) is 30.7 Å². The van der Waals surface area contributed by atoms with E-state index in [2.05, 4.69) is 22.3 Å². The van der Waals surface area contributed by atoms with Gasteiger partial charge in [-0.1, -0.05) is 41.9 Å². The summed E-state index contributed by atoms with van der Waals surface area (Å²) in [5.41, 5.74) is 2.53. The number of nitrogens with one attached hydrogen (secondary N) is 1. The van der Waals surface area contributed by atoms with Crippen LogP contribution in [-0.2, 0) is 16.4 Å². The number of halogens is 1. The molecule has 1 atom stereocenters. The molecule has 36 heavy (non-hydrogen) atoms. The molecular weight excluding hydrogens is 500 g/mol. The molecule has 10 heteroatoms. The number of piperazine rings is 1. The molecule has 0 saturated carbocycles. The molecule has 3 aromatic carbocycles. The van der Waals surface area contributed by atoms with Gasteiger partial charge < -0.3 is 10.2 Å². The normalized spacial score (nSPS) is 15.4. The van der Waals surface area contributed by atoms with Gasteiger partial charge in [0, 0.05) is 49.0 Å². The molecule has 0 unspecified atom stereocenters. The van der Waals surface area contributed by atoms with E-state index in [1.165, 1.54) is 28.1 Å². The number of aryl methyl sites for hydroxylation is 1. The van der Waals surface area contributed by atoms with Gasteiger partial charge in [0.1, 0.15) is 5.69 Å². The molecule has 0 aliphatic carbocycles. The highest BCUT2D eigenvalue weighted by Crippen LogP contribution is 2.31. The van der Waals surface area contributed by atoms with Crippen LogP contribution in [0.1, 0.15) is 18.9 Å². The molecule has 1 aliphatic rings. The number of nitro groups is 1. The average molecular weight is 529 g/mol. The first kappa shape index (κ1) is 25.9. The first-order valence-corrected chi connectivity index (χ1v) is 13.7. The molecule has 1 fully saturated rings. The summed E-state index contributed by atoms with van der Waals surface area (Å²) in [4.78, 5) is 13.5. The van der Waals surface area contributed by atoms with Crippen LogP contribution < -0.4 is 10.2 Å². The summed E-state index contributed by atoms with van der Waals surface area (Å²) in [7, 11) is -3.61. The Hall–Kier alpha value is -3.14. The molecular formula is C26H29ClN4O4S. The number of benzene rings is 3. The van der Waals surface area contributed by atoms with Gasteiger partial charge in [-0.3, -0.25) is 10.1 Å². The Kier molecular flexibility index (Phi) is 8.13. The summed E-state index contributed by atoms with van der Waals surface area (Å²) in [5.74, 6) is 0. The Morgan fingerprint density at radius 1 is 1.00 bits per heavy atom. The summed E-state index contributed by atoms with van der Waals surface area (Å²) in [5, 5.41) is 15.4. The molecule has 4 rings (SSSR count). The monoisotopic (exact) mass is 528 g/mol. The fourth-order valence-corrected chi connectivity index (χ4v) is 5.85. The minimum Gasteiger partial charge on any atom is -0.377 e. The number of hydrogen-bond donors (Lipinski definition) is 1. The fourth-order valence-electron chi connectivity index (χ4n) is 4.30. The maximum absolute atomic E-state index is 13.0. The van der Waals surface area contributed by atoms with Crippen LogP contribution in [0.3, 0.4) is 0 Å². The van der Waals surface area contributed by atoms with Crippen LogP contribution in [0.25, 0.3) is 0 Å². The molecule has 0 amide bonds. The van der Waals surface area contributed by atoms with Crippen LogP contribution in [-0.4, -0.2) is 49.9 Å². The van der Waals surface area contributed by atoms with Crippen LogP contribution in [0, 0.1) is 10.1 Å². The number of anilines is 2. The lowest BCUT2D eigenvalue weighted by atomic mass is 10.1. The second kappa shape index (κ2) is 11.3. The lowest BCUT2D eigenvalue weighted by Crippen LogP contribution is -2.48. The predicted molar refractivity (Wildman–Crippen MR) is 143 cm³/mol. The quantitative estimate of drug-likeness (QED) is 0.303. The third-order valence-electron chi connectivity index (χ3n) is 6.34. The second-order valence-corrected chi connectivity index (χ2v) is 11.2. The minimum atomic E-state index is -3.61. The van der Waals surface area contributed by atoms with E-state index in [9.17, 15) is 18.5 Å². The van der Waals surface area contributed by atoms with Gasteiger partial charge in [0.15, 0.2) is 0 Å². The van der Waals surface area contributed by atoms with Crippen molar-refractivity contribution >= 4 is 38.7 Å². The van der Waals surface area contributed by atoms with E-state index in [1.54, 1.807) is 24.3 Å². The smallest absolute Gasteiger partial charge is 0.292 e. The third-order valence-corrected chi connectivity index (χ3v) is 8.51. The van der Waals surface area contributed by atoms with Crippen molar-refractivity contribution in [1.29, 1.82) is 0 Å². The summed E-state index contributed by atoms with van der Waals surface area (Å²) in [6.07, 6.45) is 1.69. The summed E-state index contributed by atoms with van der Waals surface area (Å²) < 4.78 is 27.4. The summed E-state index contributed by atoms with van der Waals surface area (Å²) in [6, 6.07) is 21.3. The van der Waals surface area contributed by atoms with E-state index in [1.807, 2.05) is 25.1 Å². The molecule has 0 radical (unpaired) electrons. The third kappa shape index (κ3) is 6.16. The van der Waals surface area contributed by atoms with Crippen LogP contribution >= 0.6 is 11.6 Å². The molecule has 1 N–H and O–H groups in total. The number of hydrogen-bond acceptors (Lipinski definition) is 6. The van der Waals surface area contributed by atoms with Gasteiger partial charge in [0.05, 0.1) is 9.82 Å². The van der Waals surface area contributed by atoms with Gasteiger partial charge in [-0.15, -0.1) is 0 Å². The predicted octanol–water partition coefficient (Wildman–Crippen LogP) is 5.19. The van der Waals surface area contributed by atoms with Gasteiger partial charge in [-0.2, -0.15) is 4.31 Å². The molecule has 3 aromatic rings. The zero-order valence-electron chi connectivity index (χ0n) is 20.0. The molecule has 1 heterocycles. The number of nitro benzene ring substituents is 1.